The lowest BCUT2D eigenvalue weighted by Gasteiger charge is -2.07. The summed E-state index contributed by atoms with van der Waals surface area (Å²) in [5.41, 5.74) is 0. The van der Waals surface area contributed by atoms with Crippen molar-refractivity contribution in [3.8, 4) is 0 Å². The predicted molar refractivity (Wildman–Crippen MR) is 65.0 cm³/mol. The molecule has 0 amide bonds. The molecule has 0 aliphatic rings. The van der Waals surface area contributed by atoms with Crippen LogP contribution in [0.15, 0.2) is 0 Å². The molecule has 0 aromatic rings. The van der Waals surface area contributed by atoms with E-state index >= 15 is 0 Å². The van der Waals surface area contributed by atoms with Gasteiger partial charge in [0.05, 0.1) is 9.68 Å². The van der Waals surface area contributed by atoms with Crippen LogP contribution in [0.4, 0.5) is 0 Å². The average molecular weight is 201 g/mol. The van der Waals surface area contributed by atoms with Crippen LogP contribution in [0.3, 0.4) is 0 Å². The normalized spacial score (nSPS) is 12.0. The Kier molecular flexibility index (Phi) is 10.4. The van der Waals surface area contributed by atoms with E-state index in [1.54, 1.807) is 0 Å². The van der Waals surface area contributed by atoms with Gasteiger partial charge < -0.3 is 4.57 Å². The number of hydrogen-bond acceptors (Lipinski definition) is 1. The summed E-state index contributed by atoms with van der Waals surface area (Å²) < 4.78 is 2.41. The average Bonchev–Trinajstić information content (AvgIpc) is 2.09. The third kappa shape index (κ3) is 12.2. The van der Waals surface area contributed by atoms with Crippen LogP contribution < -0.4 is 0 Å². The highest BCUT2D eigenvalue weighted by atomic mass is 28.2. The molecule has 0 unspecified atom stereocenters. The molecule has 0 N–H and O–H groups in total. The summed E-state index contributed by atoms with van der Waals surface area (Å²) in [5.74, 6) is 0. The molecule has 0 spiro atoms. The first-order chi connectivity index (χ1) is 6.27. The molecule has 0 aromatic heterocycles. The van der Waals surface area contributed by atoms with Gasteiger partial charge in [-0.2, -0.15) is 0 Å². The van der Waals surface area contributed by atoms with Gasteiger partial charge in [-0.3, -0.25) is 0 Å². The van der Waals surface area contributed by atoms with Crippen LogP contribution in [-0.2, 0) is 0 Å². The molecule has 0 atom stereocenters. The van der Waals surface area contributed by atoms with Gasteiger partial charge in [0.15, 0.2) is 0 Å². The minimum atomic E-state index is 0.136. The first-order valence-corrected chi connectivity index (χ1v) is 7.55. The maximum absolute atomic E-state index is 2.41. The van der Waals surface area contributed by atoms with Crippen molar-refractivity contribution in [2.45, 2.75) is 57.9 Å². The zero-order chi connectivity index (χ0) is 9.94. The molecule has 0 saturated carbocycles. The van der Waals surface area contributed by atoms with Crippen LogP contribution in [0.5, 0.6) is 0 Å². The SMILES string of the molecule is CCCCCCCCC[SiH2]N(C)C. The van der Waals surface area contributed by atoms with E-state index in [2.05, 4.69) is 25.6 Å². The minimum Gasteiger partial charge on any atom is -0.334 e. The van der Waals surface area contributed by atoms with Crippen LogP contribution in [0.1, 0.15) is 51.9 Å². The maximum atomic E-state index is 2.41. The standard InChI is InChI=1S/C11H27NSi/c1-4-5-6-7-8-9-10-11-13-12(2)3/h4-11,13H2,1-3H3. The summed E-state index contributed by atoms with van der Waals surface area (Å²) in [7, 11) is 4.57. The molecule has 0 aromatic carbocycles. The lowest BCUT2D eigenvalue weighted by atomic mass is 10.1. The fourth-order valence-electron chi connectivity index (χ4n) is 1.56. The van der Waals surface area contributed by atoms with E-state index in [1.165, 1.54) is 51.0 Å². The summed E-state index contributed by atoms with van der Waals surface area (Å²) >= 11 is 0. The van der Waals surface area contributed by atoms with Crippen LogP contribution >= 0.6 is 0 Å². The Hall–Kier alpha value is 0.177. The van der Waals surface area contributed by atoms with E-state index in [0.717, 1.165) is 0 Å². The van der Waals surface area contributed by atoms with Crippen LogP contribution in [-0.4, -0.2) is 28.3 Å². The molecule has 2 heteroatoms. The van der Waals surface area contributed by atoms with Crippen molar-refractivity contribution in [3.05, 3.63) is 0 Å². The van der Waals surface area contributed by atoms with E-state index in [4.69, 9.17) is 0 Å². The second kappa shape index (κ2) is 10.3. The molecule has 0 fully saturated rings. The Morgan fingerprint density at radius 2 is 1.38 bits per heavy atom. The Morgan fingerprint density at radius 1 is 0.846 bits per heavy atom. The van der Waals surface area contributed by atoms with Crippen LogP contribution in [0.25, 0.3) is 0 Å². The highest BCUT2D eigenvalue weighted by Crippen LogP contribution is 2.08. The Balaban J connectivity index is 2.84. The second-order valence-corrected chi connectivity index (χ2v) is 6.70. The molecular weight excluding hydrogens is 174 g/mol. The highest BCUT2D eigenvalue weighted by Gasteiger charge is 1.93. The number of hydrogen-bond donors (Lipinski definition) is 0. The summed E-state index contributed by atoms with van der Waals surface area (Å²) in [4.78, 5) is 0. The Labute approximate surface area is 86.8 Å². The molecule has 13 heavy (non-hydrogen) atoms. The lowest BCUT2D eigenvalue weighted by Crippen LogP contribution is -2.16. The molecule has 1 nitrogen and oxygen atoms in total. The van der Waals surface area contributed by atoms with Gasteiger partial charge >= 0.3 is 0 Å². The number of rotatable bonds is 9. The quantitative estimate of drug-likeness (QED) is 0.409. The molecule has 80 valence electrons. The molecule has 0 radical (unpaired) electrons. The van der Waals surface area contributed by atoms with Crippen molar-refractivity contribution in [2.75, 3.05) is 14.1 Å². The minimum absolute atomic E-state index is 0.136. The molecular formula is C11H27NSi. The van der Waals surface area contributed by atoms with E-state index < -0.39 is 0 Å². The van der Waals surface area contributed by atoms with Gasteiger partial charge in [-0.15, -0.1) is 0 Å². The Bertz CT molecular complexity index is 94.1. The van der Waals surface area contributed by atoms with Gasteiger partial charge in [0, 0.05) is 0 Å². The van der Waals surface area contributed by atoms with Gasteiger partial charge in [-0.05, 0) is 20.1 Å². The zero-order valence-electron chi connectivity index (χ0n) is 9.81. The van der Waals surface area contributed by atoms with E-state index in [-0.39, 0.29) is 9.68 Å². The first-order valence-electron chi connectivity index (χ1n) is 5.92. The smallest absolute Gasteiger partial charge is 0.0943 e. The van der Waals surface area contributed by atoms with Crippen molar-refractivity contribution < 1.29 is 0 Å². The molecule has 0 aliphatic carbocycles. The zero-order valence-corrected chi connectivity index (χ0v) is 11.2. The van der Waals surface area contributed by atoms with Gasteiger partial charge in [0.25, 0.3) is 0 Å². The topological polar surface area (TPSA) is 3.24 Å². The molecule has 0 bridgehead atoms. The third-order valence-electron chi connectivity index (χ3n) is 2.46. The third-order valence-corrected chi connectivity index (χ3v) is 4.17. The maximum Gasteiger partial charge on any atom is 0.0943 e. The fourth-order valence-corrected chi connectivity index (χ4v) is 2.77. The van der Waals surface area contributed by atoms with E-state index in [9.17, 15) is 0 Å². The van der Waals surface area contributed by atoms with E-state index in [0.29, 0.717) is 0 Å². The van der Waals surface area contributed by atoms with Crippen molar-refractivity contribution in [3.63, 3.8) is 0 Å². The van der Waals surface area contributed by atoms with Gasteiger partial charge in [0.1, 0.15) is 0 Å². The number of unbranched alkanes of at least 4 members (excludes halogenated alkanes) is 6. The van der Waals surface area contributed by atoms with Gasteiger partial charge in [-0.1, -0.05) is 51.9 Å². The first kappa shape index (κ1) is 13.2. The van der Waals surface area contributed by atoms with Crippen molar-refractivity contribution in [2.24, 2.45) is 0 Å². The summed E-state index contributed by atoms with van der Waals surface area (Å²) in [6, 6.07) is 1.51. The van der Waals surface area contributed by atoms with Gasteiger partial charge in [-0.25, -0.2) is 0 Å². The van der Waals surface area contributed by atoms with Crippen molar-refractivity contribution in [1.82, 2.24) is 4.57 Å². The van der Waals surface area contributed by atoms with E-state index in [1.807, 2.05) is 0 Å². The number of nitrogens with zero attached hydrogens (tertiary/aromatic N) is 1. The summed E-state index contributed by atoms with van der Waals surface area (Å²) in [6.07, 6.45) is 10.2. The summed E-state index contributed by atoms with van der Waals surface area (Å²) in [5, 5.41) is 0. The lowest BCUT2D eigenvalue weighted by molar-refractivity contribution is 0.594. The molecule has 0 saturated heterocycles. The van der Waals surface area contributed by atoms with Gasteiger partial charge in [0.2, 0.25) is 0 Å². The fraction of sp³-hybridized carbons (Fsp3) is 1.00. The predicted octanol–water partition coefficient (Wildman–Crippen LogP) is 2.80. The largest absolute Gasteiger partial charge is 0.334 e. The molecule has 0 heterocycles. The summed E-state index contributed by atoms with van der Waals surface area (Å²) in [6.45, 7) is 2.28. The van der Waals surface area contributed by atoms with Crippen molar-refractivity contribution in [1.29, 1.82) is 0 Å². The molecule has 0 aliphatic heterocycles. The Morgan fingerprint density at radius 3 is 1.92 bits per heavy atom. The second-order valence-electron chi connectivity index (χ2n) is 4.28. The van der Waals surface area contributed by atoms with Crippen molar-refractivity contribution >= 4 is 9.68 Å². The monoisotopic (exact) mass is 201 g/mol. The highest BCUT2D eigenvalue weighted by molar-refractivity contribution is 6.31. The van der Waals surface area contributed by atoms with Crippen LogP contribution in [0, 0.1) is 0 Å². The molecule has 0 rings (SSSR count). The van der Waals surface area contributed by atoms with Crippen LogP contribution in [0.2, 0.25) is 6.04 Å².